The fourth-order valence-corrected chi connectivity index (χ4v) is 3.21. The van der Waals surface area contributed by atoms with Crippen molar-refractivity contribution in [2.75, 3.05) is 18.0 Å². The summed E-state index contributed by atoms with van der Waals surface area (Å²) in [4.78, 5) is 6.19. The third-order valence-corrected chi connectivity index (χ3v) is 4.30. The standard InChI is InChI=1S/C16H16FN5O/c17-13-3-1-2-12-14(4-6-18-15(12)13)21-8-5-16(23,10-21)11-22-9-7-19-20-22/h1-4,6-7,9,23H,5,8,10-11H2. The van der Waals surface area contributed by atoms with Crippen molar-refractivity contribution in [2.24, 2.45) is 0 Å². The Bertz CT molecular complexity index is 838. The van der Waals surface area contributed by atoms with E-state index in [1.165, 1.54) is 6.07 Å². The molecular weight excluding hydrogens is 297 g/mol. The van der Waals surface area contributed by atoms with Crippen molar-refractivity contribution in [2.45, 2.75) is 18.6 Å². The molecule has 2 aromatic heterocycles. The van der Waals surface area contributed by atoms with Gasteiger partial charge in [0.2, 0.25) is 0 Å². The molecule has 1 unspecified atom stereocenters. The molecule has 0 aliphatic carbocycles. The van der Waals surface area contributed by atoms with Gasteiger partial charge in [-0.1, -0.05) is 17.3 Å². The highest BCUT2D eigenvalue weighted by Gasteiger charge is 2.37. The lowest BCUT2D eigenvalue weighted by Crippen LogP contribution is -2.37. The van der Waals surface area contributed by atoms with E-state index >= 15 is 0 Å². The van der Waals surface area contributed by atoms with Gasteiger partial charge in [0.25, 0.3) is 0 Å². The zero-order valence-corrected chi connectivity index (χ0v) is 12.4. The smallest absolute Gasteiger partial charge is 0.149 e. The molecule has 1 aliphatic heterocycles. The number of benzene rings is 1. The second kappa shape index (κ2) is 5.27. The van der Waals surface area contributed by atoms with Crippen LogP contribution < -0.4 is 4.90 Å². The van der Waals surface area contributed by atoms with E-state index in [-0.39, 0.29) is 5.82 Å². The van der Waals surface area contributed by atoms with E-state index in [1.54, 1.807) is 29.3 Å². The first-order chi connectivity index (χ1) is 11.1. The Balaban J connectivity index is 1.64. The first-order valence-corrected chi connectivity index (χ1v) is 7.49. The van der Waals surface area contributed by atoms with E-state index in [2.05, 4.69) is 20.2 Å². The van der Waals surface area contributed by atoms with Gasteiger partial charge < -0.3 is 10.0 Å². The molecule has 7 heteroatoms. The van der Waals surface area contributed by atoms with Gasteiger partial charge in [-0.15, -0.1) is 5.10 Å². The minimum atomic E-state index is -0.878. The van der Waals surface area contributed by atoms with Crippen LogP contribution >= 0.6 is 0 Å². The number of rotatable bonds is 3. The minimum Gasteiger partial charge on any atom is -0.386 e. The maximum absolute atomic E-state index is 13.9. The summed E-state index contributed by atoms with van der Waals surface area (Å²) in [5.41, 5.74) is 0.372. The van der Waals surface area contributed by atoms with E-state index < -0.39 is 5.60 Å². The van der Waals surface area contributed by atoms with Crippen molar-refractivity contribution in [3.63, 3.8) is 0 Å². The molecule has 23 heavy (non-hydrogen) atoms. The lowest BCUT2D eigenvalue weighted by atomic mass is 10.0. The molecule has 1 aliphatic rings. The largest absolute Gasteiger partial charge is 0.386 e. The summed E-state index contributed by atoms with van der Waals surface area (Å²) < 4.78 is 15.5. The summed E-state index contributed by atoms with van der Waals surface area (Å²) in [5, 5.41) is 19.2. The van der Waals surface area contributed by atoms with Gasteiger partial charge in [-0.25, -0.2) is 9.07 Å². The highest BCUT2D eigenvalue weighted by molar-refractivity contribution is 5.92. The molecule has 1 aromatic carbocycles. The molecule has 1 N–H and O–H groups in total. The second-order valence-electron chi connectivity index (χ2n) is 5.96. The fraction of sp³-hybridized carbons (Fsp3) is 0.312. The number of fused-ring (bicyclic) bond motifs is 1. The zero-order valence-electron chi connectivity index (χ0n) is 12.4. The summed E-state index contributed by atoms with van der Waals surface area (Å²) >= 11 is 0. The Morgan fingerprint density at radius 3 is 3.00 bits per heavy atom. The van der Waals surface area contributed by atoms with E-state index in [4.69, 9.17) is 0 Å². The molecule has 1 fully saturated rings. The van der Waals surface area contributed by atoms with Crippen LogP contribution in [0.2, 0.25) is 0 Å². The molecule has 0 radical (unpaired) electrons. The van der Waals surface area contributed by atoms with Gasteiger partial charge in [-0.2, -0.15) is 0 Å². The van der Waals surface area contributed by atoms with Gasteiger partial charge >= 0.3 is 0 Å². The molecule has 3 aromatic rings. The maximum atomic E-state index is 13.9. The Labute approximate surface area is 132 Å². The average molecular weight is 313 g/mol. The predicted octanol–water partition coefficient (Wildman–Crippen LogP) is 1.61. The molecule has 3 heterocycles. The number of aromatic nitrogens is 4. The molecule has 0 saturated carbocycles. The number of anilines is 1. The Morgan fingerprint density at radius 1 is 1.26 bits per heavy atom. The quantitative estimate of drug-likeness (QED) is 0.795. The number of β-amino-alcohol motifs (C(OH)–C–C–N with tert-alkyl or cyclic N) is 1. The monoisotopic (exact) mass is 313 g/mol. The van der Waals surface area contributed by atoms with Crippen LogP contribution in [0.15, 0.2) is 42.9 Å². The van der Waals surface area contributed by atoms with Gasteiger partial charge in [0, 0.05) is 36.6 Å². The van der Waals surface area contributed by atoms with Crippen LogP contribution in [0.4, 0.5) is 10.1 Å². The topological polar surface area (TPSA) is 67.1 Å². The number of halogens is 1. The molecule has 6 nitrogen and oxygen atoms in total. The summed E-state index contributed by atoms with van der Waals surface area (Å²) in [7, 11) is 0. The Morgan fingerprint density at radius 2 is 2.17 bits per heavy atom. The summed E-state index contributed by atoms with van der Waals surface area (Å²) in [6.45, 7) is 1.55. The second-order valence-corrected chi connectivity index (χ2v) is 5.96. The van der Waals surface area contributed by atoms with E-state index in [0.29, 0.717) is 31.6 Å². The number of hydrogen-bond donors (Lipinski definition) is 1. The first-order valence-electron chi connectivity index (χ1n) is 7.49. The number of para-hydroxylation sites is 1. The Kier molecular flexibility index (Phi) is 3.23. The molecular formula is C16H16FN5O. The van der Waals surface area contributed by atoms with Crippen LogP contribution in [0.1, 0.15) is 6.42 Å². The molecule has 1 saturated heterocycles. The van der Waals surface area contributed by atoms with Crippen molar-refractivity contribution in [3.8, 4) is 0 Å². The lowest BCUT2D eigenvalue weighted by Gasteiger charge is -2.25. The first kappa shape index (κ1) is 14.1. The molecule has 4 rings (SSSR count). The van der Waals surface area contributed by atoms with E-state index in [9.17, 15) is 9.50 Å². The van der Waals surface area contributed by atoms with Crippen LogP contribution in [0, 0.1) is 5.82 Å². The Hall–Kier alpha value is -2.54. The number of aliphatic hydroxyl groups is 1. The fourth-order valence-electron chi connectivity index (χ4n) is 3.21. The maximum Gasteiger partial charge on any atom is 0.149 e. The van der Waals surface area contributed by atoms with E-state index in [0.717, 1.165) is 11.1 Å². The van der Waals surface area contributed by atoms with Gasteiger partial charge in [0.05, 0.1) is 12.7 Å². The predicted molar refractivity (Wildman–Crippen MR) is 83.5 cm³/mol. The van der Waals surface area contributed by atoms with Gasteiger partial charge in [0.1, 0.15) is 16.9 Å². The molecule has 1 atom stereocenters. The SMILES string of the molecule is OC1(Cn2ccnn2)CCN(c2ccnc3c(F)cccc23)C1. The normalized spacial score (nSPS) is 21.2. The molecule has 0 spiro atoms. The highest BCUT2D eigenvalue weighted by atomic mass is 19.1. The number of pyridine rings is 1. The van der Waals surface area contributed by atoms with Crippen LogP contribution in [-0.4, -0.2) is 43.8 Å². The lowest BCUT2D eigenvalue weighted by molar-refractivity contribution is 0.0409. The zero-order chi connectivity index (χ0) is 15.9. The van der Waals surface area contributed by atoms with Crippen LogP contribution in [0.25, 0.3) is 10.9 Å². The van der Waals surface area contributed by atoms with Crippen molar-refractivity contribution >= 4 is 16.6 Å². The number of nitrogens with zero attached hydrogens (tertiary/aromatic N) is 5. The van der Waals surface area contributed by atoms with Crippen molar-refractivity contribution < 1.29 is 9.50 Å². The number of hydrogen-bond acceptors (Lipinski definition) is 5. The molecule has 0 bridgehead atoms. The third-order valence-electron chi connectivity index (χ3n) is 4.30. The van der Waals surface area contributed by atoms with Crippen molar-refractivity contribution in [1.82, 2.24) is 20.0 Å². The highest BCUT2D eigenvalue weighted by Crippen LogP contribution is 2.32. The average Bonchev–Trinajstić information content (AvgIpc) is 3.17. The van der Waals surface area contributed by atoms with Gasteiger partial charge in [-0.05, 0) is 18.6 Å². The van der Waals surface area contributed by atoms with Crippen LogP contribution in [-0.2, 0) is 6.54 Å². The summed E-state index contributed by atoms with van der Waals surface area (Å²) in [5.74, 6) is -0.332. The van der Waals surface area contributed by atoms with Gasteiger partial charge in [0.15, 0.2) is 0 Å². The molecule has 0 amide bonds. The van der Waals surface area contributed by atoms with Crippen LogP contribution in [0.5, 0.6) is 0 Å². The summed E-state index contributed by atoms with van der Waals surface area (Å²) in [6, 6.07) is 6.81. The van der Waals surface area contributed by atoms with Crippen molar-refractivity contribution in [1.29, 1.82) is 0 Å². The van der Waals surface area contributed by atoms with Gasteiger partial charge in [-0.3, -0.25) is 4.98 Å². The molecule has 118 valence electrons. The minimum absolute atomic E-state index is 0.332. The van der Waals surface area contributed by atoms with E-state index in [1.807, 2.05) is 12.1 Å². The van der Waals surface area contributed by atoms with Crippen LogP contribution in [0.3, 0.4) is 0 Å². The van der Waals surface area contributed by atoms with Crippen molar-refractivity contribution in [3.05, 3.63) is 48.7 Å². The summed E-state index contributed by atoms with van der Waals surface area (Å²) in [6.07, 6.45) is 5.55. The third kappa shape index (κ3) is 2.53.